The molecule has 0 radical (unpaired) electrons. The highest BCUT2D eigenvalue weighted by Gasteiger charge is 2.27. The number of nitrogens with zero attached hydrogens (tertiary/aromatic N) is 3. The standard InChI is InChI=1S/C9H7BrN4O4S2/c1-18-8(15)7-9(19-4-13-7)20(16,17)14-6-3-11-5(10)2-12-6/h2-4H,1H3,(H,12,14). The van der Waals surface area contributed by atoms with Crippen molar-refractivity contribution in [2.75, 3.05) is 11.8 Å². The van der Waals surface area contributed by atoms with E-state index in [1.807, 2.05) is 0 Å². The third kappa shape index (κ3) is 3.11. The Morgan fingerprint density at radius 1 is 1.35 bits per heavy atom. The number of rotatable bonds is 4. The number of halogens is 1. The Balaban J connectivity index is 2.34. The smallest absolute Gasteiger partial charge is 0.358 e. The molecule has 0 aliphatic carbocycles. The number of nitrogens with one attached hydrogen (secondary N) is 1. The Morgan fingerprint density at radius 2 is 2.10 bits per heavy atom. The predicted octanol–water partition coefficient (Wildman–Crippen LogP) is 1.28. The summed E-state index contributed by atoms with van der Waals surface area (Å²) >= 11 is 3.89. The van der Waals surface area contributed by atoms with Gasteiger partial charge in [-0.3, -0.25) is 4.72 Å². The molecule has 2 rings (SSSR count). The Morgan fingerprint density at radius 3 is 2.70 bits per heavy atom. The van der Waals surface area contributed by atoms with Crippen LogP contribution in [0.4, 0.5) is 5.82 Å². The van der Waals surface area contributed by atoms with Crippen LogP contribution in [0.2, 0.25) is 0 Å². The van der Waals surface area contributed by atoms with Crippen molar-refractivity contribution in [1.29, 1.82) is 0 Å². The molecule has 2 heterocycles. The quantitative estimate of drug-likeness (QED) is 0.797. The number of methoxy groups -OCH3 is 1. The average molecular weight is 379 g/mol. The molecular weight excluding hydrogens is 372 g/mol. The molecule has 106 valence electrons. The van der Waals surface area contributed by atoms with Crippen LogP contribution in [-0.2, 0) is 14.8 Å². The number of carbonyl (C=O) groups is 1. The van der Waals surface area contributed by atoms with E-state index in [-0.39, 0.29) is 15.7 Å². The number of ether oxygens (including phenoxy) is 1. The first kappa shape index (κ1) is 14.8. The van der Waals surface area contributed by atoms with Crippen molar-refractivity contribution >= 4 is 49.1 Å². The fourth-order valence-electron chi connectivity index (χ4n) is 1.21. The van der Waals surface area contributed by atoms with Gasteiger partial charge in [0.1, 0.15) is 4.60 Å². The van der Waals surface area contributed by atoms with Crippen molar-refractivity contribution in [2.24, 2.45) is 0 Å². The molecule has 2 aromatic heterocycles. The number of hydrogen-bond donors (Lipinski definition) is 1. The molecule has 0 saturated carbocycles. The maximum atomic E-state index is 12.2. The van der Waals surface area contributed by atoms with Gasteiger partial charge in [-0.2, -0.15) is 0 Å². The summed E-state index contributed by atoms with van der Waals surface area (Å²) in [5.74, 6) is -0.800. The summed E-state index contributed by atoms with van der Waals surface area (Å²) in [4.78, 5) is 22.8. The van der Waals surface area contributed by atoms with E-state index < -0.39 is 16.0 Å². The predicted molar refractivity (Wildman–Crippen MR) is 74.0 cm³/mol. The van der Waals surface area contributed by atoms with Gasteiger partial charge in [0.2, 0.25) is 0 Å². The number of hydrogen-bond acceptors (Lipinski definition) is 8. The van der Waals surface area contributed by atoms with Gasteiger partial charge < -0.3 is 4.74 Å². The monoisotopic (exact) mass is 378 g/mol. The van der Waals surface area contributed by atoms with Crippen molar-refractivity contribution in [2.45, 2.75) is 4.21 Å². The molecule has 0 unspecified atom stereocenters. The van der Waals surface area contributed by atoms with Crippen molar-refractivity contribution < 1.29 is 17.9 Å². The van der Waals surface area contributed by atoms with E-state index in [2.05, 4.69) is 40.3 Å². The van der Waals surface area contributed by atoms with Crippen LogP contribution in [0.3, 0.4) is 0 Å². The van der Waals surface area contributed by atoms with E-state index >= 15 is 0 Å². The zero-order chi connectivity index (χ0) is 14.8. The minimum Gasteiger partial charge on any atom is -0.464 e. The van der Waals surface area contributed by atoms with Gasteiger partial charge in [-0.25, -0.2) is 28.2 Å². The number of sulfonamides is 1. The number of aromatic nitrogens is 3. The summed E-state index contributed by atoms with van der Waals surface area (Å²) in [6, 6.07) is 0. The van der Waals surface area contributed by atoms with Crippen LogP contribution in [0.1, 0.15) is 10.5 Å². The molecule has 20 heavy (non-hydrogen) atoms. The summed E-state index contributed by atoms with van der Waals surface area (Å²) in [5, 5.41) is 0. The molecule has 8 nitrogen and oxygen atoms in total. The molecule has 1 N–H and O–H groups in total. The van der Waals surface area contributed by atoms with Gasteiger partial charge in [0, 0.05) is 0 Å². The van der Waals surface area contributed by atoms with Crippen LogP contribution in [0.25, 0.3) is 0 Å². The minimum absolute atomic E-state index is 0.0254. The fourth-order valence-corrected chi connectivity index (χ4v) is 3.54. The van der Waals surface area contributed by atoms with Crippen molar-refractivity contribution in [3.63, 3.8) is 0 Å². The topological polar surface area (TPSA) is 111 Å². The lowest BCUT2D eigenvalue weighted by Gasteiger charge is -2.05. The number of esters is 1. The lowest BCUT2D eigenvalue weighted by molar-refractivity contribution is 0.0590. The van der Waals surface area contributed by atoms with E-state index in [9.17, 15) is 13.2 Å². The van der Waals surface area contributed by atoms with Gasteiger partial charge in [0.25, 0.3) is 10.0 Å². The van der Waals surface area contributed by atoms with E-state index in [1.165, 1.54) is 17.9 Å². The molecule has 0 spiro atoms. The van der Waals surface area contributed by atoms with Gasteiger partial charge in [-0.15, -0.1) is 11.3 Å². The largest absolute Gasteiger partial charge is 0.464 e. The molecule has 11 heteroatoms. The zero-order valence-electron chi connectivity index (χ0n) is 9.90. The lowest BCUT2D eigenvalue weighted by Crippen LogP contribution is -2.16. The SMILES string of the molecule is COC(=O)c1ncsc1S(=O)(=O)Nc1cnc(Br)cn1. The lowest BCUT2D eigenvalue weighted by atomic mass is 10.5. The Kier molecular flexibility index (Phi) is 4.30. The maximum Gasteiger partial charge on any atom is 0.358 e. The summed E-state index contributed by atoms with van der Waals surface area (Å²) in [7, 11) is -2.84. The van der Waals surface area contributed by atoms with E-state index in [1.54, 1.807) is 0 Å². The fraction of sp³-hybridized carbons (Fsp3) is 0.111. The second-order valence-electron chi connectivity index (χ2n) is 3.31. The third-order valence-corrected chi connectivity index (χ3v) is 5.15. The molecule has 0 fully saturated rings. The minimum atomic E-state index is -3.98. The summed E-state index contributed by atoms with van der Waals surface area (Å²) in [6.07, 6.45) is 2.58. The van der Waals surface area contributed by atoms with Crippen LogP contribution in [0.15, 0.2) is 26.7 Å². The molecule has 0 aliphatic rings. The first-order valence-electron chi connectivity index (χ1n) is 4.96. The van der Waals surface area contributed by atoms with Crippen LogP contribution in [0, 0.1) is 0 Å². The summed E-state index contributed by atoms with van der Waals surface area (Å²) in [5.41, 5.74) is 0.976. The second kappa shape index (κ2) is 5.81. The summed E-state index contributed by atoms with van der Waals surface area (Å²) in [6.45, 7) is 0. The van der Waals surface area contributed by atoms with E-state index in [0.29, 0.717) is 4.60 Å². The van der Waals surface area contributed by atoms with E-state index in [4.69, 9.17) is 0 Å². The van der Waals surface area contributed by atoms with Gasteiger partial charge in [0.05, 0.1) is 25.0 Å². The van der Waals surface area contributed by atoms with Crippen LogP contribution >= 0.6 is 27.3 Å². The zero-order valence-corrected chi connectivity index (χ0v) is 13.1. The van der Waals surface area contributed by atoms with E-state index in [0.717, 1.165) is 18.4 Å². The van der Waals surface area contributed by atoms with Crippen molar-refractivity contribution in [3.05, 3.63) is 28.2 Å². The number of carbonyl (C=O) groups excluding carboxylic acids is 1. The molecular formula is C9H7BrN4O4S2. The van der Waals surface area contributed by atoms with Gasteiger partial charge in [0.15, 0.2) is 15.7 Å². The molecule has 0 atom stereocenters. The average Bonchev–Trinajstić information content (AvgIpc) is 2.90. The molecule has 0 bridgehead atoms. The van der Waals surface area contributed by atoms with Gasteiger partial charge in [-0.1, -0.05) is 0 Å². The normalized spacial score (nSPS) is 11.1. The molecule has 0 amide bonds. The summed E-state index contributed by atoms with van der Waals surface area (Å²) < 4.78 is 31.2. The Hall–Kier alpha value is -1.59. The second-order valence-corrected chi connectivity index (χ2v) is 6.85. The highest BCUT2D eigenvalue weighted by Crippen LogP contribution is 2.23. The van der Waals surface area contributed by atoms with Crippen molar-refractivity contribution in [3.8, 4) is 0 Å². The maximum absolute atomic E-state index is 12.2. The molecule has 2 aromatic rings. The highest BCUT2D eigenvalue weighted by molar-refractivity contribution is 9.10. The van der Waals surface area contributed by atoms with Gasteiger partial charge in [-0.05, 0) is 15.9 Å². The molecule has 0 aromatic carbocycles. The molecule has 0 aliphatic heterocycles. The highest BCUT2D eigenvalue weighted by atomic mass is 79.9. The Labute approximate surface area is 126 Å². The first-order chi connectivity index (χ1) is 9.44. The van der Waals surface area contributed by atoms with Crippen LogP contribution < -0.4 is 4.72 Å². The van der Waals surface area contributed by atoms with Crippen LogP contribution in [-0.4, -0.2) is 36.4 Å². The van der Waals surface area contributed by atoms with Crippen molar-refractivity contribution in [1.82, 2.24) is 15.0 Å². The Bertz CT molecular complexity index is 729. The molecule has 0 saturated heterocycles. The van der Waals surface area contributed by atoms with Crippen LogP contribution in [0.5, 0.6) is 0 Å². The third-order valence-electron chi connectivity index (χ3n) is 2.02. The first-order valence-corrected chi connectivity index (χ1v) is 8.12. The van der Waals surface area contributed by atoms with Gasteiger partial charge >= 0.3 is 5.97 Å². The number of anilines is 1. The number of thiazole rings is 1.